The molecular weight excluding hydrogens is 457 g/mol. The SMILES string of the molecule is COc1ccc2c(c1)Oc1ccccc1N=C2N1CCN(S(=O)(=O)c2ccc(F)cc2)[C@@H](C)C1. The molecule has 1 saturated heterocycles. The van der Waals surface area contributed by atoms with E-state index in [2.05, 4.69) is 4.90 Å². The highest BCUT2D eigenvalue weighted by Crippen LogP contribution is 2.39. The van der Waals surface area contributed by atoms with E-state index >= 15 is 0 Å². The molecule has 7 nitrogen and oxygen atoms in total. The van der Waals surface area contributed by atoms with Crippen LogP contribution in [0, 0.1) is 5.82 Å². The number of methoxy groups -OCH3 is 1. The van der Waals surface area contributed by atoms with Gasteiger partial charge in [0.25, 0.3) is 0 Å². The summed E-state index contributed by atoms with van der Waals surface area (Å²) in [7, 11) is -2.15. The third kappa shape index (κ3) is 4.01. The molecule has 176 valence electrons. The van der Waals surface area contributed by atoms with Crippen molar-refractivity contribution in [2.45, 2.75) is 17.9 Å². The van der Waals surface area contributed by atoms with E-state index in [1.807, 2.05) is 49.4 Å². The first-order valence-corrected chi connectivity index (χ1v) is 12.4. The molecule has 0 saturated carbocycles. The minimum atomic E-state index is -3.75. The molecule has 3 aromatic carbocycles. The van der Waals surface area contributed by atoms with Crippen molar-refractivity contribution in [1.82, 2.24) is 9.21 Å². The Hall–Kier alpha value is -3.43. The van der Waals surface area contributed by atoms with E-state index in [1.54, 1.807) is 7.11 Å². The number of para-hydroxylation sites is 2. The van der Waals surface area contributed by atoms with Crippen molar-refractivity contribution in [3.63, 3.8) is 0 Å². The number of hydrogen-bond acceptors (Lipinski definition) is 6. The highest BCUT2D eigenvalue weighted by molar-refractivity contribution is 7.89. The van der Waals surface area contributed by atoms with E-state index in [4.69, 9.17) is 14.5 Å². The fourth-order valence-corrected chi connectivity index (χ4v) is 5.91. The number of piperazine rings is 1. The summed E-state index contributed by atoms with van der Waals surface area (Å²) in [6.07, 6.45) is 0. The fraction of sp³-hybridized carbons (Fsp3) is 0.240. The van der Waals surface area contributed by atoms with E-state index < -0.39 is 15.8 Å². The predicted molar refractivity (Wildman–Crippen MR) is 127 cm³/mol. The molecule has 0 aliphatic carbocycles. The van der Waals surface area contributed by atoms with Crippen LogP contribution in [0.3, 0.4) is 0 Å². The summed E-state index contributed by atoms with van der Waals surface area (Å²) in [5.41, 5.74) is 1.50. The zero-order chi connectivity index (χ0) is 23.9. The molecule has 0 unspecified atom stereocenters. The van der Waals surface area contributed by atoms with Gasteiger partial charge in [-0.1, -0.05) is 12.1 Å². The number of sulfonamides is 1. The third-order valence-electron chi connectivity index (χ3n) is 6.03. The lowest BCUT2D eigenvalue weighted by Crippen LogP contribution is -2.55. The van der Waals surface area contributed by atoms with Crippen molar-refractivity contribution < 1.29 is 22.3 Å². The Balaban J connectivity index is 1.48. The number of halogens is 1. The van der Waals surface area contributed by atoms with Crippen LogP contribution in [0.25, 0.3) is 0 Å². The largest absolute Gasteiger partial charge is 0.497 e. The molecule has 2 heterocycles. The number of amidine groups is 1. The molecule has 0 spiro atoms. The lowest BCUT2D eigenvalue weighted by Gasteiger charge is -2.40. The smallest absolute Gasteiger partial charge is 0.243 e. The third-order valence-corrected chi connectivity index (χ3v) is 8.06. The van der Waals surface area contributed by atoms with Crippen molar-refractivity contribution in [3.8, 4) is 17.2 Å². The average molecular weight is 482 g/mol. The minimum absolute atomic E-state index is 0.0841. The molecule has 3 aromatic rings. The fourth-order valence-electron chi connectivity index (χ4n) is 4.30. The van der Waals surface area contributed by atoms with E-state index in [1.165, 1.54) is 16.4 Å². The summed E-state index contributed by atoms with van der Waals surface area (Å²) in [5.74, 6) is 2.17. The number of fused-ring (bicyclic) bond motifs is 2. The summed E-state index contributed by atoms with van der Waals surface area (Å²) in [6, 6.07) is 17.7. The van der Waals surface area contributed by atoms with Gasteiger partial charge in [-0.05, 0) is 55.5 Å². The summed E-state index contributed by atoms with van der Waals surface area (Å²) in [5, 5.41) is 0. The van der Waals surface area contributed by atoms with Gasteiger partial charge in [0.2, 0.25) is 10.0 Å². The standard InChI is InChI=1S/C25H24FN3O4S/c1-17-16-28(13-14-29(17)34(30,31)20-10-7-18(26)8-11-20)25-21-12-9-19(32-2)15-24(21)33-23-6-4-3-5-22(23)27-25/h3-12,15,17H,13-14,16H2,1-2H3/t17-/m0/s1. The second-order valence-corrected chi connectivity index (χ2v) is 10.1. The number of hydrogen-bond donors (Lipinski definition) is 0. The molecule has 9 heteroatoms. The number of rotatable bonds is 3. The Morgan fingerprint density at radius 3 is 2.53 bits per heavy atom. The monoisotopic (exact) mass is 481 g/mol. The van der Waals surface area contributed by atoms with E-state index in [9.17, 15) is 12.8 Å². The maximum Gasteiger partial charge on any atom is 0.243 e. The Morgan fingerprint density at radius 1 is 1.03 bits per heavy atom. The average Bonchev–Trinajstić information content (AvgIpc) is 3.00. The molecule has 0 aromatic heterocycles. The number of nitrogens with zero attached hydrogens (tertiary/aromatic N) is 3. The Morgan fingerprint density at radius 2 is 1.79 bits per heavy atom. The van der Waals surface area contributed by atoms with Gasteiger partial charge in [-0.2, -0.15) is 4.31 Å². The first-order valence-electron chi connectivity index (χ1n) is 10.9. The van der Waals surface area contributed by atoms with Crippen molar-refractivity contribution in [2.75, 3.05) is 26.7 Å². The normalized spacial score (nSPS) is 18.3. The van der Waals surface area contributed by atoms with Crippen LogP contribution in [0.1, 0.15) is 12.5 Å². The molecule has 0 amide bonds. The van der Waals surface area contributed by atoms with Crippen LogP contribution in [-0.4, -0.2) is 56.2 Å². The first kappa shape index (κ1) is 22.4. The van der Waals surface area contributed by atoms with E-state index in [-0.39, 0.29) is 17.5 Å². The summed E-state index contributed by atoms with van der Waals surface area (Å²) in [6.45, 7) is 3.02. The topological polar surface area (TPSA) is 71.4 Å². The van der Waals surface area contributed by atoms with Gasteiger partial charge in [-0.15, -0.1) is 0 Å². The second kappa shape index (κ2) is 8.73. The maximum atomic E-state index is 13.3. The zero-order valence-corrected chi connectivity index (χ0v) is 19.6. The van der Waals surface area contributed by atoms with Gasteiger partial charge in [0.15, 0.2) is 5.75 Å². The van der Waals surface area contributed by atoms with Crippen LogP contribution >= 0.6 is 0 Å². The molecule has 2 aliphatic heterocycles. The molecule has 34 heavy (non-hydrogen) atoms. The highest BCUT2D eigenvalue weighted by atomic mass is 32.2. The van der Waals surface area contributed by atoms with Crippen molar-refractivity contribution >= 4 is 21.5 Å². The number of benzene rings is 3. The minimum Gasteiger partial charge on any atom is -0.497 e. The zero-order valence-electron chi connectivity index (χ0n) is 18.8. The molecule has 0 radical (unpaired) electrons. The van der Waals surface area contributed by atoms with Crippen LogP contribution < -0.4 is 9.47 Å². The Bertz CT molecular complexity index is 1360. The lowest BCUT2D eigenvalue weighted by molar-refractivity contribution is 0.205. The second-order valence-electron chi connectivity index (χ2n) is 8.23. The lowest BCUT2D eigenvalue weighted by atomic mass is 10.1. The van der Waals surface area contributed by atoms with Crippen molar-refractivity contribution in [1.29, 1.82) is 0 Å². The van der Waals surface area contributed by atoms with Gasteiger partial charge in [0, 0.05) is 31.7 Å². The van der Waals surface area contributed by atoms with E-state index in [0.29, 0.717) is 41.9 Å². The maximum absolute atomic E-state index is 13.3. The van der Waals surface area contributed by atoms with Gasteiger partial charge >= 0.3 is 0 Å². The van der Waals surface area contributed by atoms with Crippen LogP contribution in [0.4, 0.5) is 10.1 Å². The van der Waals surface area contributed by atoms with Gasteiger partial charge in [-0.25, -0.2) is 17.8 Å². The molecule has 1 fully saturated rings. The first-order chi connectivity index (χ1) is 16.4. The van der Waals surface area contributed by atoms with Crippen LogP contribution in [0.15, 0.2) is 76.6 Å². The number of aliphatic imine (C=N–C) groups is 1. The molecule has 1 atom stereocenters. The summed E-state index contributed by atoms with van der Waals surface area (Å²) >= 11 is 0. The Labute approximate surface area is 198 Å². The summed E-state index contributed by atoms with van der Waals surface area (Å²) < 4.78 is 52.7. The molecule has 5 rings (SSSR count). The van der Waals surface area contributed by atoms with Gasteiger partial charge < -0.3 is 14.4 Å². The van der Waals surface area contributed by atoms with Crippen LogP contribution in [0.5, 0.6) is 17.2 Å². The van der Waals surface area contributed by atoms with Crippen LogP contribution in [-0.2, 0) is 10.0 Å². The van der Waals surface area contributed by atoms with E-state index in [0.717, 1.165) is 17.7 Å². The van der Waals surface area contributed by atoms with Crippen molar-refractivity contribution in [3.05, 3.63) is 78.1 Å². The summed E-state index contributed by atoms with van der Waals surface area (Å²) in [4.78, 5) is 7.08. The molecule has 0 bridgehead atoms. The highest BCUT2D eigenvalue weighted by Gasteiger charge is 2.36. The molecular formula is C25H24FN3O4S. The molecule has 0 N–H and O–H groups in total. The van der Waals surface area contributed by atoms with Crippen molar-refractivity contribution in [2.24, 2.45) is 4.99 Å². The quantitative estimate of drug-likeness (QED) is 0.554. The number of ether oxygens (including phenoxy) is 2. The van der Waals surface area contributed by atoms with Gasteiger partial charge in [0.1, 0.15) is 28.8 Å². The Kier molecular flexibility index (Phi) is 5.75. The van der Waals surface area contributed by atoms with Crippen LogP contribution in [0.2, 0.25) is 0 Å². The van der Waals surface area contributed by atoms with Gasteiger partial charge in [-0.3, -0.25) is 0 Å². The molecule has 2 aliphatic rings. The predicted octanol–water partition coefficient (Wildman–Crippen LogP) is 4.41. The van der Waals surface area contributed by atoms with Gasteiger partial charge in [0.05, 0.1) is 17.6 Å².